The van der Waals surface area contributed by atoms with Gasteiger partial charge in [0.2, 0.25) is 5.75 Å². The molecule has 0 bridgehead atoms. The normalized spacial score (nSPS) is 9.47. The van der Waals surface area contributed by atoms with Gasteiger partial charge in [0, 0.05) is 18.6 Å². The van der Waals surface area contributed by atoms with Crippen molar-refractivity contribution in [3.8, 4) is 11.5 Å². The Morgan fingerprint density at radius 1 is 1.07 bits per heavy atom. The largest absolute Gasteiger partial charge is 0.504 e. The molecule has 0 aliphatic rings. The molecular weight excluding hydrogens is 200 g/mol. The van der Waals surface area contributed by atoms with E-state index in [2.05, 4.69) is 0 Å². The van der Waals surface area contributed by atoms with E-state index in [-0.39, 0.29) is 11.3 Å². The van der Waals surface area contributed by atoms with Gasteiger partial charge in [-0.1, -0.05) is 0 Å². The van der Waals surface area contributed by atoms with Crippen LogP contribution in [0.25, 0.3) is 11.0 Å². The highest BCUT2D eigenvalue weighted by molar-refractivity contribution is 5.84. The van der Waals surface area contributed by atoms with Gasteiger partial charge in [0.1, 0.15) is 0 Å². The zero-order chi connectivity index (χ0) is 11.4. The monoisotopic (exact) mass is 210 g/mol. The summed E-state index contributed by atoms with van der Waals surface area (Å²) in [5.41, 5.74) is -0.555. The molecular formula is C10H10O5. The molecule has 15 heavy (non-hydrogen) atoms. The Morgan fingerprint density at radius 2 is 1.67 bits per heavy atom. The second kappa shape index (κ2) is 4.47. The fourth-order valence-corrected chi connectivity index (χ4v) is 1.11. The number of hydrogen-bond donors (Lipinski definition) is 3. The lowest BCUT2D eigenvalue weighted by atomic mass is 10.2. The SMILES string of the molecule is CO.O=c1ccc2ccc(O)c(O)c2o1. The zero-order valence-corrected chi connectivity index (χ0v) is 7.97. The average molecular weight is 210 g/mol. The van der Waals surface area contributed by atoms with Crippen LogP contribution in [0.5, 0.6) is 11.5 Å². The summed E-state index contributed by atoms with van der Waals surface area (Å²) in [7, 11) is 1.00. The van der Waals surface area contributed by atoms with Gasteiger partial charge in [-0.05, 0) is 18.2 Å². The van der Waals surface area contributed by atoms with Crippen molar-refractivity contribution in [1.29, 1.82) is 0 Å². The fraction of sp³-hybridized carbons (Fsp3) is 0.100. The van der Waals surface area contributed by atoms with Crippen LogP contribution in [0.15, 0.2) is 33.5 Å². The van der Waals surface area contributed by atoms with Crippen molar-refractivity contribution in [3.05, 3.63) is 34.7 Å². The van der Waals surface area contributed by atoms with Gasteiger partial charge in [0.05, 0.1) is 0 Å². The number of rotatable bonds is 0. The Balaban J connectivity index is 0.000000531. The first-order chi connectivity index (χ1) is 7.18. The van der Waals surface area contributed by atoms with E-state index in [0.717, 1.165) is 7.11 Å². The van der Waals surface area contributed by atoms with E-state index >= 15 is 0 Å². The number of hydrogen-bond acceptors (Lipinski definition) is 5. The third-order valence-corrected chi connectivity index (χ3v) is 1.74. The second-order valence-electron chi connectivity index (χ2n) is 2.61. The Hall–Kier alpha value is -2.01. The van der Waals surface area contributed by atoms with E-state index in [1.807, 2.05) is 0 Å². The summed E-state index contributed by atoms with van der Waals surface area (Å²) in [4.78, 5) is 10.8. The standard InChI is InChI=1S/C9H6O4.CH4O/c10-6-3-1-5-2-4-7(11)13-9(5)8(6)12;1-2/h1-4,10,12H;2H,1H3. The Kier molecular flexibility index (Phi) is 3.30. The molecule has 0 fully saturated rings. The van der Waals surface area contributed by atoms with Crippen LogP contribution < -0.4 is 5.63 Å². The molecule has 0 unspecified atom stereocenters. The maximum Gasteiger partial charge on any atom is 0.336 e. The molecule has 2 rings (SSSR count). The van der Waals surface area contributed by atoms with Gasteiger partial charge in [-0.2, -0.15) is 0 Å². The van der Waals surface area contributed by atoms with Crippen molar-refractivity contribution >= 4 is 11.0 Å². The molecule has 1 aromatic heterocycles. The van der Waals surface area contributed by atoms with Crippen molar-refractivity contribution in [1.82, 2.24) is 0 Å². The number of aliphatic hydroxyl groups excluding tert-OH is 1. The Morgan fingerprint density at radius 3 is 2.33 bits per heavy atom. The van der Waals surface area contributed by atoms with E-state index in [1.165, 1.54) is 18.2 Å². The molecule has 0 aliphatic heterocycles. The lowest BCUT2D eigenvalue weighted by Gasteiger charge is -1.99. The van der Waals surface area contributed by atoms with Crippen LogP contribution in [0.4, 0.5) is 0 Å². The van der Waals surface area contributed by atoms with E-state index < -0.39 is 11.4 Å². The van der Waals surface area contributed by atoms with Crippen LogP contribution in [0.1, 0.15) is 0 Å². The van der Waals surface area contributed by atoms with Gasteiger partial charge in [0.15, 0.2) is 11.3 Å². The first-order valence-corrected chi connectivity index (χ1v) is 4.08. The summed E-state index contributed by atoms with van der Waals surface area (Å²) in [6.07, 6.45) is 0. The molecule has 0 saturated carbocycles. The molecule has 2 aromatic rings. The maximum atomic E-state index is 10.8. The highest BCUT2D eigenvalue weighted by atomic mass is 16.4. The summed E-state index contributed by atoms with van der Waals surface area (Å²) in [6.45, 7) is 0. The Bertz CT molecular complexity index is 515. The predicted octanol–water partition coefficient (Wildman–Crippen LogP) is 0.813. The molecule has 0 radical (unpaired) electrons. The molecule has 0 atom stereocenters. The van der Waals surface area contributed by atoms with E-state index in [4.69, 9.17) is 14.6 Å². The van der Waals surface area contributed by atoms with Crippen molar-refractivity contribution in [3.63, 3.8) is 0 Å². The number of phenolic OH excluding ortho intramolecular Hbond substituents is 2. The first-order valence-electron chi connectivity index (χ1n) is 4.08. The number of aliphatic hydroxyl groups is 1. The second-order valence-corrected chi connectivity index (χ2v) is 2.61. The molecule has 0 spiro atoms. The van der Waals surface area contributed by atoms with Gasteiger partial charge < -0.3 is 19.7 Å². The van der Waals surface area contributed by atoms with Crippen LogP contribution in [0, 0.1) is 0 Å². The number of fused-ring (bicyclic) bond motifs is 1. The van der Waals surface area contributed by atoms with E-state index in [1.54, 1.807) is 6.07 Å². The molecule has 1 heterocycles. The summed E-state index contributed by atoms with van der Waals surface area (Å²) < 4.78 is 4.71. The van der Waals surface area contributed by atoms with Gasteiger partial charge in [-0.25, -0.2) is 4.79 Å². The van der Waals surface area contributed by atoms with Gasteiger partial charge in [0.25, 0.3) is 0 Å². The minimum atomic E-state index is -0.562. The fourth-order valence-electron chi connectivity index (χ4n) is 1.11. The van der Waals surface area contributed by atoms with Gasteiger partial charge in [-0.3, -0.25) is 0 Å². The van der Waals surface area contributed by atoms with E-state index in [0.29, 0.717) is 5.39 Å². The summed E-state index contributed by atoms with van der Waals surface area (Å²) in [6, 6.07) is 5.64. The highest BCUT2D eigenvalue weighted by Crippen LogP contribution is 2.31. The number of aromatic hydroxyl groups is 2. The van der Waals surface area contributed by atoms with Crippen LogP contribution in [-0.2, 0) is 0 Å². The van der Waals surface area contributed by atoms with Crippen molar-refractivity contribution in [2.45, 2.75) is 0 Å². The lowest BCUT2D eigenvalue weighted by Crippen LogP contribution is -1.94. The topological polar surface area (TPSA) is 90.9 Å². The molecule has 5 nitrogen and oxygen atoms in total. The maximum absolute atomic E-state index is 10.8. The molecule has 3 N–H and O–H groups in total. The third kappa shape index (κ3) is 2.08. The minimum Gasteiger partial charge on any atom is -0.504 e. The smallest absolute Gasteiger partial charge is 0.336 e. The van der Waals surface area contributed by atoms with Crippen LogP contribution >= 0.6 is 0 Å². The van der Waals surface area contributed by atoms with Crippen LogP contribution in [0.3, 0.4) is 0 Å². The van der Waals surface area contributed by atoms with Crippen LogP contribution in [0.2, 0.25) is 0 Å². The lowest BCUT2D eigenvalue weighted by molar-refractivity contribution is 0.397. The van der Waals surface area contributed by atoms with Crippen molar-refractivity contribution < 1.29 is 19.7 Å². The predicted molar refractivity (Wildman–Crippen MR) is 54.0 cm³/mol. The number of benzene rings is 1. The van der Waals surface area contributed by atoms with Gasteiger partial charge >= 0.3 is 5.63 Å². The molecule has 5 heteroatoms. The van der Waals surface area contributed by atoms with Crippen LogP contribution in [-0.4, -0.2) is 22.4 Å². The third-order valence-electron chi connectivity index (χ3n) is 1.74. The summed E-state index contributed by atoms with van der Waals surface area (Å²) in [5, 5.41) is 26.0. The zero-order valence-electron chi connectivity index (χ0n) is 7.97. The van der Waals surface area contributed by atoms with E-state index in [9.17, 15) is 9.90 Å². The number of phenols is 2. The molecule has 0 amide bonds. The average Bonchev–Trinajstić information content (AvgIpc) is 2.27. The first kappa shape index (κ1) is 11.1. The van der Waals surface area contributed by atoms with Crippen molar-refractivity contribution in [2.24, 2.45) is 0 Å². The molecule has 1 aromatic carbocycles. The molecule has 80 valence electrons. The molecule has 0 aliphatic carbocycles. The molecule has 0 saturated heterocycles. The quantitative estimate of drug-likeness (QED) is 0.442. The Labute approximate surface area is 84.8 Å². The minimum absolute atomic E-state index is 0.00694. The van der Waals surface area contributed by atoms with Gasteiger partial charge in [-0.15, -0.1) is 0 Å². The highest BCUT2D eigenvalue weighted by Gasteiger charge is 2.07. The summed E-state index contributed by atoms with van der Waals surface area (Å²) >= 11 is 0. The summed E-state index contributed by atoms with van der Waals surface area (Å²) in [5.74, 6) is -0.711. The van der Waals surface area contributed by atoms with Crippen molar-refractivity contribution in [2.75, 3.05) is 7.11 Å².